The molecule has 0 saturated heterocycles. The standard InChI is InChI=1S/C21H28BN3O5/c1-15-8-6-12-17(23-15)20(26)24-18(14-30-2)21(27)25-19(22(28)29)13-7-11-16-9-4-3-5-10-16/h3-6,8-10,12,18-19,28-29H,7,11,13-14H2,1-2H3,(H,24,26)(H,25,27). The van der Waals surface area contributed by atoms with Gasteiger partial charge in [0.2, 0.25) is 5.91 Å². The Morgan fingerprint density at radius 3 is 2.47 bits per heavy atom. The normalized spacial score (nSPS) is 12.7. The molecule has 0 bridgehead atoms. The quantitative estimate of drug-likeness (QED) is 0.402. The molecule has 0 spiro atoms. The lowest BCUT2D eigenvalue weighted by atomic mass is 9.76. The van der Waals surface area contributed by atoms with E-state index in [-0.39, 0.29) is 12.3 Å². The molecule has 4 N–H and O–H groups in total. The topological polar surface area (TPSA) is 121 Å². The van der Waals surface area contributed by atoms with Gasteiger partial charge in [-0.1, -0.05) is 36.4 Å². The molecule has 0 aliphatic rings. The van der Waals surface area contributed by atoms with Gasteiger partial charge < -0.3 is 25.4 Å². The Balaban J connectivity index is 1.95. The van der Waals surface area contributed by atoms with Crippen LogP contribution in [0.2, 0.25) is 0 Å². The number of carbonyl (C=O) groups is 2. The van der Waals surface area contributed by atoms with Gasteiger partial charge in [-0.3, -0.25) is 9.59 Å². The zero-order valence-corrected chi connectivity index (χ0v) is 17.2. The Kier molecular flexibility index (Phi) is 9.46. The maximum absolute atomic E-state index is 12.7. The molecule has 160 valence electrons. The Bertz CT molecular complexity index is 819. The molecule has 1 aromatic carbocycles. The summed E-state index contributed by atoms with van der Waals surface area (Å²) in [7, 11) is -0.308. The summed E-state index contributed by atoms with van der Waals surface area (Å²) in [6.45, 7) is 1.69. The summed E-state index contributed by atoms with van der Waals surface area (Å²) in [5, 5.41) is 24.5. The van der Waals surface area contributed by atoms with Gasteiger partial charge in [-0.05, 0) is 43.9 Å². The van der Waals surface area contributed by atoms with Crippen molar-refractivity contribution in [1.82, 2.24) is 15.6 Å². The van der Waals surface area contributed by atoms with Gasteiger partial charge in [-0.15, -0.1) is 0 Å². The van der Waals surface area contributed by atoms with Crippen molar-refractivity contribution in [2.24, 2.45) is 0 Å². The minimum Gasteiger partial charge on any atom is -0.426 e. The number of benzene rings is 1. The van der Waals surface area contributed by atoms with Gasteiger partial charge >= 0.3 is 7.12 Å². The molecule has 0 saturated carbocycles. The third-order valence-corrected chi connectivity index (χ3v) is 4.59. The van der Waals surface area contributed by atoms with E-state index in [1.807, 2.05) is 30.3 Å². The molecule has 2 unspecified atom stereocenters. The monoisotopic (exact) mass is 413 g/mol. The largest absolute Gasteiger partial charge is 0.475 e. The number of ether oxygens (including phenoxy) is 1. The van der Waals surface area contributed by atoms with Crippen molar-refractivity contribution in [1.29, 1.82) is 0 Å². The van der Waals surface area contributed by atoms with Crippen LogP contribution in [0.4, 0.5) is 0 Å². The van der Waals surface area contributed by atoms with Crippen molar-refractivity contribution >= 4 is 18.9 Å². The van der Waals surface area contributed by atoms with E-state index in [4.69, 9.17) is 4.74 Å². The van der Waals surface area contributed by atoms with Crippen molar-refractivity contribution in [3.05, 3.63) is 65.5 Å². The van der Waals surface area contributed by atoms with E-state index >= 15 is 0 Å². The number of pyridine rings is 1. The number of aromatic nitrogens is 1. The second kappa shape index (κ2) is 12.1. The van der Waals surface area contributed by atoms with E-state index < -0.39 is 30.9 Å². The number of rotatable bonds is 11. The molecule has 1 aromatic heterocycles. The number of hydrogen-bond donors (Lipinski definition) is 4. The van der Waals surface area contributed by atoms with E-state index in [0.717, 1.165) is 12.0 Å². The average Bonchev–Trinajstić information content (AvgIpc) is 2.73. The zero-order chi connectivity index (χ0) is 21.9. The van der Waals surface area contributed by atoms with Crippen molar-refractivity contribution in [2.75, 3.05) is 13.7 Å². The molecule has 9 heteroatoms. The fraction of sp³-hybridized carbons (Fsp3) is 0.381. The lowest BCUT2D eigenvalue weighted by Gasteiger charge is -2.22. The van der Waals surface area contributed by atoms with Crippen LogP contribution < -0.4 is 10.6 Å². The summed E-state index contributed by atoms with van der Waals surface area (Å²) in [6.07, 6.45) is 1.77. The number of amides is 2. The van der Waals surface area contributed by atoms with E-state index in [9.17, 15) is 19.6 Å². The Labute approximate surface area is 176 Å². The van der Waals surface area contributed by atoms with Crippen LogP contribution in [0.5, 0.6) is 0 Å². The highest BCUT2D eigenvalue weighted by Crippen LogP contribution is 2.08. The SMILES string of the molecule is COCC(NC(=O)c1cccc(C)n1)C(=O)NC(CCCc1ccccc1)B(O)O. The molecule has 2 aromatic rings. The number of nitrogens with one attached hydrogen (secondary N) is 2. The molecule has 2 rings (SSSR count). The van der Waals surface area contributed by atoms with Crippen LogP contribution >= 0.6 is 0 Å². The second-order valence-electron chi connectivity index (χ2n) is 7.05. The first kappa shape index (κ1) is 23.5. The lowest BCUT2D eigenvalue weighted by Crippen LogP contribution is -2.55. The van der Waals surface area contributed by atoms with E-state index in [1.54, 1.807) is 25.1 Å². The molecule has 0 aliphatic heterocycles. The number of carbonyl (C=O) groups excluding carboxylic acids is 2. The maximum atomic E-state index is 12.7. The second-order valence-corrected chi connectivity index (χ2v) is 7.05. The highest BCUT2D eigenvalue weighted by Gasteiger charge is 2.29. The fourth-order valence-corrected chi connectivity index (χ4v) is 3.00. The molecule has 0 fully saturated rings. The number of nitrogens with zero attached hydrogens (tertiary/aromatic N) is 1. The minimum absolute atomic E-state index is 0.0678. The van der Waals surface area contributed by atoms with Gasteiger partial charge in [-0.2, -0.15) is 0 Å². The fourth-order valence-electron chi connectivity index (χ4n) is 3.00. The van der Waals surface area contributed by atoms with Gasteiger partial charge in [-0.25, -0.2) is 4.98 Å². The summed E-state index contributed by atoms with van der Waals surface area (Å²) in [6, 6.07) is 13.8. The van der Waals surface area contributed by atoms with Gasteiger partial charge in [0.05, 0.1) is 12.5 Å². The summed E-state index contributed by atoms with van der Waals surface area (Å²) >= 11 is 0. The lowest BCUT2D eigenvalue weighted by molar-refractivity contribution is -0.124. The predicted molar refractivity (Wildman–Crippen MR) is 114 cm³/mol. The molecule has 1 heterocycles. The van der Waals surface area contributed by atoms with Gasteiger partial charge in [0, 0.05) is 12.8 Å². The first-order chi connectivity index (χ1) is 14.4. The molecule has 8 nitrogen and oxygen atoms in total. The third kappa shape index (κ3) is 7.59. The van der Waals surface area contributed by atoms with Crippen LogP contribution in [0.15, 0.2) is 48.5 Å². The van der Waals surface area contributed by atoms with Crippen LogP contribution in [0, 0.1) is 6.92 Å². The van der Waals surface area contributed by atoms with Gasteiger partial charge in [0.15, 0.2) is 0 Å². The van der Waals surface area contributed by atoms with Crippen LogP contribution in [0.25, 0.3) is 0 Å². The molecule has 0 radical (unpaired) electrons. The highest BCUT2D eigenvalue weighted by molar-refractivity contribution is 6.43. The van der Waals surface area contributed by atoms with Gasteiger partial charge in [0.25, 0.3) is 5.91 Å². The summed E-state index contributed by atoms with van der Waals surface area (Å²) in [4.78, 5) is 29.2. The molecule has 2 atom stereocenters. The zero-order valence-electron chi connectivity index (χ0n) is 17.2. The van der Waals surface area contributed by atoms with Crippen LogP contribution in [0.1, 0.15) is 34.6 Å². The third-order valence-electron chi connectivity index (χ3n) is 4.59. The number of hydrogen-bond acceptors (Lipinski definition) is 6. The van der Waals surface area contributed by atoms with Crippen molar-refractivity contribution in [3.8, 4) is 0 Å². The van der Waals surface area contributed by atoms with Crippen molar-refractivity contribution < 1.29 is 24.4 Å². The average molecular weight is 413 g/mol. The number of methoxy groups -OCH3 is 1. The smallest absolute Gasteiger partial charge is 0.426 e. The Morgan fingerprint density at radius 1 is 1.10 bits per heavy atom. The summed E-state index contributed by atoms with van der Waals surface area (Å²) < 4.78 is 5.05. The van der Waals surface area contributed by atoms with Crippen molar-refractivity contribution in [3.63, 3.8) is 0 Å². The molecule has 2 amide bonds. The Morgan fingerprint density at radius 2 is 1.83 bits per heavy atom. The van der Waals surface area contributed by atoms with Crippen molar-refractivity contribution in [2.45, 2.75) is 38.2 Å². The van der Waals surface area contributed by atoms with Crippen LogP contribution in [-0.4, -0.2) is 59.7 Å². The predicted octanol–water partition coefficient (Wildman–Crippen LogP) is 0.655. The maximum Gasteiger partial charge on any atom is 0.475 e. The number of aryl methyl sites for hydroxylation is 2. The highest BCUT2D eigenvalue weighted by atomic mass is 16.5. The molecule has 30 heavy (non-hydrogen) atoms. The van der Waals surface area contributed by atoms with Crippen LogP contribution in [-0.2, 0) is 16.0 Å². The summed E-state index contributed by atoms with van der Waals surface area (Å²) in [5.41, 5.74) is 1.99. The van der Waals surface area contributed by atoms with E-state index in [2.05, 4.69) is 15.6 Å². The molecular weight excluding hydrogens is 385 g/mol. The summed E-state index contributed by atoms with van der Waals surface area (Å²) in [5.74, 6) is -1.94. The first-order valence-electron chi connectivity index (χ1n) is 9.84. The van der Waals surface area contributed by atoms with Gasteiger partial charge in [0.1, 0.15) is 11.7 Å². The first-order valence-corrected chi connectivity index (χ1v) is 9.84. The molecule has 0 aliphatic carbocycles. The minimum atomic E-state index is -1.72. The Hall–Kier alpha value is -2.75. The van der Waals surface area contributed by atoms with Crippen LogP contribution in [0.3, 0.4) is 0 Å². The van der Waals surface area contributed by atoms with E-state index in [0.29, 0.717) is 18.5 Å². The molecular formula is C21H28BN3O5. The van der Waals surface area contributed by atoms with E-state index in [1.165, 1.54) is 7.11 Å².